The summed E-state index contributed by atoms with van der Waals surface area (Å²) in [6.45, 7) is -0.910. The average molecular weight is 439 g/mol. The molecule has 1 saturated carbocycles. The van der Waals surface area contributed by atoms with E-state index in [1.807, 2.05) is 0 Å². The SMILES string of the molecule is Nc1cc(CC(NC(=O)C2CCCC2)C(=O)COc2c(F)c(F)cc(F)c2F)ccn1. The lowest BCUT2D eigenvalue weighted by Crippen LogP contribution is -2.46. The number of hydrogen-bond acceptors (Lipinski definition) is 5. The number of nitrogen functional groups attached to an aromatic ring is 1. The highest BCUT2D eigenvalue weighted by atomic mass is 19.2. The molecule has 31 heavy (non-hydrogen) atoms. The van der Waals surface area contributed by atoms with Gasteiger partial charge in [-0.05, 0) is 30.5 Å². The van der Waals surface area contributed by atoms with Gasteiger partial charge in [0.15, 0.2) is 23.2 Å². The molecule has 1 aromatic heterocycles. The van der Waals surface area contributed by atoms with Crippen molar-refractivity contribution in [1.82, 2.24) is 10.3 Å². The number of carbonyl (C=O) groups excluding carboxylic acids is 2. The summed E-state index contributed by atoms with van der Waals surface area (Å²) < 4.78 is 59.1. The van der Waals surface area contributed by atoms with Gasteiger partial charge in [-0.2, -0.15) is 8.78 Å². The number of anilines is 1. The van der Waals surface area contributed by atoms with Crippen LogP contribution in [0.15, 0.2) is 24.4 Å². The van der Waals surface area contributed by atoms with E-state index in [1.165, 1.54) is 12.3 Å². The molecule has 3 rings (SSSR count). The molecule has 1 unspecified atom stereocenters. The van der Waals surface area contributed by atoms with Crippen molar-refractivity contribution in [2.45, 2.75) is 38.1 Å². The summed E-state index contributed by atoms with van der Waals surface area (Å²) in [6, 6.07) is 2.06. The summed E-state index contributed by atoms with van der Waals surface area (Å²) in [6.07, 6.45) is 4.67. The monoisotopic (exact) mass is 439 g/mol. The maximum atomic E-state index is 13.8. The number of amides is 1. The zero-order valence-electron chi connectivity index (χ0n) is 16.5. The quantitative estimate of drug-likeness (QED) is 0.487. The summed E-state index contributed by atoms with van der Waals surface area (Å²) >= 11 is 0. The van der Waals surface area contributed by atoms with Crippen molar-refractivity contribution in [1.29, 1.82) is 0 Å². The van der Waals surface area contributed by atoms with Crippen LogP contribution in [-0.2, 0) is 16.0 Å². The van der Waals surface area contributed by atoms with Crippen molar-refractivity contribution in [3.63, 3.8) is 0 Å². The fraction of sp³-hybridized carbons (Fsp3) is 0.381. The van der Waals surface area contributed by atoms with Crippen molar-refractivity contribution in [2.24, 2.45) is 5.92 Å². The number of nitrogens with one attached hydrogen (secondary N) is 1. The Labute approximate surface area is 175 Å². The maximum Gasteiger partial charge on any atom is 0.223 e. The lowest BCUT2D eigenvalue weighted by Gasteiger charge is -2.20. The van der Waals surface area contributed by atoms with E-state index in [-0.39, 0.29) is 30.1 Å². The van der Waals surface area contributed by atoms with Crippen LogP contribution in [0.1, 0.15) is 31.2 Å². The van der Waals surface area contributed by atoms with Crippen LogP contribution in [0.3, 0.4) is 0 Å². The fourth-order valence-electron chi connectivity index (χ4n) is 3.50. The Kier molecular flexibility index (Phi) is 7.09. The topological polar surface area (TPSA) is 94.3 Å². The first-order valence-corrected chi connectivity index (χ1v) is 9.75. The molecule has 3 N–H and O–H groups in total. The van der Waals surface area contributed by atoms with Crippen molar-refractivity contribution in [3.8, 4) is 5.75 Å². The van der Waals surface area contributed by atoms with Crippen LogP contribution < -0.4 is 15.8 Å². The molecule has 1 heterocycles. The van der Waals surface area contributed by atoms with Gasteiger partial charge in [0.25, 0.3) is 0 Å². The number of benzene rings is 1. The first kappa shape index (κ1) is 22.5. The number of aromatic nitrogens is 1. The fourth-order valence-corrected chi connectivity index (χ4v) is 3.50. The number of carbonyl (C=O) groups is 2. The number of hydrogen-bond donors (Lipinski definition) is 2. The van der Waals surface area contributed by atoms with Crippen LogP contribution in [-0.4, -0.2) is 29.3 Å². The Morgan fingerprint density at radius 3 is 2.39 bits per heavy atom. The van der Waals surface area contributed by atoms with Gasteiger partial charge >= 0.3 is 0 Å². The second-order valence-corrected chi connectivity index (χ2v) is 7.39. The van der Waals surface area contributed by atoms with E-state index in [4.69, 9.17) is 10.5 Å². The number of rotatable bonds is 8. The van der Waals surface area contributed by atoms with Crippen LogP contribution in [0.2, 0.25) is 0 Å². The third-order valence-electron chi connectivity index (χ3n) is 5.15. The minimum atomic E-state index is -1.75. The van der Waals surface area contributed by atoms with Crippen LogP contribution in [0.25, 0.3) is 0 Å². The zero-order valence-corrected chi connectivity index (χ0v) is 16.5. The Hall–Kier alpha value is -3.17. The zero-order chi connectivity index (χ0) is 22.5. The van der Waals surface area contributed by atoms with Crippen LogP contribution in [0, 0.1) is 29.2 Å². The van der Waals surface area contributed by atoms with E-state index in [0.29, 0.717) is 18.4 Å². The number of ether oxygens (including phenoxy) is 1. The summed E-state index contributed by atoms with van der Waals surface area (Å²) in [5, 5.41) is 2.65. The van der Waals surface area contributed by atoms with Crippen molar-refractivity contribution in [2.75, 3.05) is 12.3 Å². The van der Waals surface area contributed by atoms with E-state index in [0.717, 1.165) is 12.8 Å². The number of Topliss-reactive ketones (excluding diaryl/α,β-unsaturated/α-hetero) is 1. The van der Waals surface area contributed by atoms with E-state index in [1.54, 1.807) is 6.07 Å². The lowest BCUT2D eigenvalue weighted by atomic mass is 10.0. The molecule has 10 heteroatoms. The number of nitrogens with zero attached hydrogens (tertiary/aromatic N) is 1. The second-order valence-electron chi connectivity index (χ2n) is 7.39. The number of pyridine rings is 1. The highest BCUT2D eigenvalue weighted by molar-refractivity contribution is 5.91. The Morgan fingerprint density at radius 1 is 1.13 bits per heavy atom. The van der Waals surface area contributed by atoms with Gasteiger partial charge in [0.2, 0.25) is 17.5 Å². The number of nitrogens with two attached hydrogens (primary N) is 1. The molecule has 0 aliphatic heterocycles. The molecule has 1 fully saturated rings. The maximum absolute atomic E-state index is 13.8. The molecule has 1 aromatic carbocycles. The lowest BCUT2D eigenvalue weighted by molar-refractivity contribution is -0.131. The van der Waals surface area contributed by atoms with Crippen LogP contribution >= 0.6 is 0 Å². The molecule has 1 atom stereocenters. The molecule has 1 amide bonds. The molecule has 1 aliphatic rings. The second kappa shape index (κ2) is 9.76. The normalized spacial score (nSPS) is 15.0. The van der Waals surface area contributed by atoms with Gasteiger partial charge in [-0.25, -0.2) is 13.8 Å². The largest absolute Gasteiger partial charge is 0.479 e. The molecule has 0 bridgehead atoms. The molecule has 0 radical (unpaired) electrons. The van der Waals surface area contributed by atoms with Crippen molar-refractivity contribution >= 4 is 17.5 Å². The standard InChI is InChI=1S/C21H21F4N3O3/c22-13-9-14(23)19(25)20(18(13)24)31-10-16(29)15(7-11-5-6-27-17(26)8-11)28-21(30)12-3-1-2-4-12/h5-6,8-9,12,15H,1-4,7,10H2,(H2,26,27)(H,28,30). The highest BCUT2D eigenvalue weighted by Gasteiger charge is 2.29. The van der Waals surface area contributed by atoms with Gasteiger partial charge in [0.1, 0.15) is 12.4 Å². The minimum absolute atomic E-state index is 0.0237. The Morgan fingerprint density at radius 2 is 1.77 bits per heavy atom. The summed E-state index contributed by atoms with van der Waals surface area (Å²) in [5.41, 5.74) is 6.23. The van der Waals surface area contributed by atoms with E-state index in [2.05, 4.69) is 10.3 Å². The van der Waals surface area contributed by atoms with Gasteiger partial charge in [0.05, 0.1) is 6.04 Å². The third kappa shape index (κ3) is 5.50. The highest BCUT2D eigenvalue weighted by Crippen LogP contribution is 2.27. The van der Waals surface area contributed by atoms with Gasteiger partial charge in [-0.3, -0.25) is 9.59 Å². The molecule has 166 valence electrons. The van der Waals surface area contributed by atoms with Crippen LogP contribution in [0.4, 0.5) is 23.4 Å². The average Bonchev–Trinajstić information content (AvgIpc) is 3.27. The van der Waals surface area contributed by atoms with Crippen molar-refractivity contribution < 1.29 is 31.9 Å². The summed E-state index contributed by atoms with van der Waals surface area (Å²) in [4.78, 5) is 29.1. The van der Waals surface area contributed by atoms with Gasteiger partial charge in [-0.1, -0.05) is 12.8 Å². The minimum Gasteiger partial charge on any atom is -0.479 e. The number of halogens is 4. The summed E-state index contributed by atoms with van der Waals surface area (Å²) in [5.74, 6) is -9.20. The number of ketones is 1. The molecular formula is C21H21F4N3O3. The first-order valence-electron chi connectivity index (χ1n) is 9.75. The predicted octanol–water partition coefficient (Wildman–Crippen LogP) is 3.09. The van der Waals surface area contributed by atoms with E-state index in [9.17, 15) is 27.2 Å². The molecule has 0 saturated heterocycles. The molecule has 1 aliphatic carbocycles. The van der Waals surface area contributed by atoms with Crippen molar-refractivity contribution in [3.05, 3.63) is 53.2 Å². The van der Waals surface area contributed by atoms with Gasteiger partial charge < -0.3 is 15.8 Å². The van der Waals surface area contributed by atoms with E-state index >= 15 is 0 Å². The van der Waals surface area contributed by atoms with Gasteiger partial charge in [-0.15, -0.1) is 0 Å². The third-order valence-corrected chi connectivity index (χ3v) is 5.15. The predicted molar refractivity (Wildman–Crippen MR) is 103 cm³/mol. The van der Waals surface area contributed by atoms with E-state index < -0.39 is 47.5 Å². The molecule has 6 nitrogen and oxygen atoms in total. The molecule has 2 aromatic rings. The molecule has 0 spiro atoms. The smallest absolute Gasteiger partial charge is 0.223 e. The van der Waals surface area contributed by atoms with Crippen LogP contribution in [0.5, 0.6) is 5.75 Å². The first-order chi connectivity index (χ1) is 14.8. The Bertz CT molecular complexity index is 954. The Balaban J connectivity index is 1.76. The molecular weight excluding hydrogens is 418 g/mol. The van der Waals surface area contributed by atoms with Gasteiger partial charge in [0, 0.05) is 24.6 Å². The summed E-state index contributed by atoms with van der Waals surface area (Å²) in [7, 11) is 0.